The van der Waals surface area contributed by atoms with Gasteiger partial charge in [0.2, 0.25) is 11.7 Å². The number of rotatable bonds is 6. The van der Waals surface area contributed by atoms with Crippen molar-refractivity contribution >= 4 is 0 Å². The highest BCUT2D eigenvalue weighted by molar-refractivity contribution is 5.54. The van der Waals surface area contributed by atoms with Crippen molar-refractivity contribution in [2.24, 2.45) is 0 Å². The fourth-order valence-corrected chi connectivity index (χ4v) is 3.34. The Bertz CT molecular complexity index is 839. The van der Waals surface area contributed by atoms with Crippen molar-refractivity contribution in [3.63, 3.8) is 0 Å². The second-order valence-electron chi connectivity index (χ2n) is 6.94. The third-order valence-corrected chi connectivity index (χ3v) is 5.02. The second-order valence-corrected chi connectivity index (χ2v) is 6.94. The quantitative estimate of drug-likeness (QED) is 0.671. The zero-order valence-corrected chi connectivity index (χ0v) is 15.7. The Kier molecular flexibility index (Phi) is 5.55. The molecule has 4 rings (SSSR count). The first-order valence-electron chi connectivity index (χ1n) is 9.56. The smallest absolute Gasteiger partial charge is 0.241 e. The van der Waals surface area contributed by atoms with Crippen LogP contribution in [0.3, 0.4) is 0 Å². The molecule has 1 aliphatic heterocycles. The Hall–Kier alpha value is -2.57. The SMILES string of the molecule is CCc1ccc(-c2noc(CN3CCN(Cc4ccccn4)CC3)n2)cc1. The van der Waals surface area contributed by atoms with E-state index in [0.717, 1.165) is 50.4 Å². The van der Waals surface area contributed by atoms with Crippen LogP contribution < -0.4 is 0 Å². The van der Waals surface area contributed by atoms with Crippen LogP contribution in [0.4, 0.5) is 0 Å². The first-order valence-corrected chi connectivity index (χ1v) is 9.56. The molecule has 3 aromatic rings. The first kappa shape index (κ1) is 17.8. The van der Waals surface area contributed by atoms with Crippen LogP contribution in [0.1, 0.15) is 24.1 Å². The maximum absolute atomic E-state index is 5.47. The van der Waals surface area contributed by atoms with Crippen molar-refractivity contribution in [3.8, 4) is 11.4 Å². The van der Waals surface area contributed by atoms with Crippen molar-refractivity contribution in [3.05, 3.63) is 65.8 Å². The van der Waals surface area contributed by atoms with Gasteiger partial charge in [-0.15, -0.1) is 0 Å². The normalized spacial score (nSPS) is 15.9. The lowest BCUT2D eigenvalue weighted by atomic mass is 10.1. The summed E-state index contributed by atoms with van der Waals surface area (Å²) in [6.45, 7) is 7.81. The summed E-state index contributed by atoms with van der Waals surface area (Å²) in [5.41, 5.74) is 3.44. The van der Waals surface area contributed by atoms with Gasteiger partial charge in [0.25, 0.3) is 0 Å². The summed E-state index contributed by atoms with van der Waals surface area (Å²) in [4.78, 5) is 13.8. The van der Waals surface area contributed by atoms with E-state index in [1.165, 1.54) is 5.56 Å². The molecule has 27 heavy (non-hydrogen) atoms. The van der Waals surface area contributed by atoms with Crippen LogP contribution in [0.2, 0.25) is 0 Å². The molecule has 1 aliphatic rings. The topological polar surface area (TPSA) is 58.3 Å². The molecule has 140 valence electrons. The average Bonchev–Trinajstić information content (AvgIpc) is 3.19. The number of hydrogen-bond acceptors (Lipinski definition) is 6. The third kappa shape index (κ3) is 4.59. The van der Waals surface area contributed by atoms with Gasteiger partial charge < -0.3 is 4.52 Å². The van der Waals surface area contributed by atoms with Crippen LogP contribution in [0.25, 0.3) is 11.4 Å². The van der Waals surface area contributed by atoms with Gasteiger partial charge in [0.05, 0.1) is 12.2 Å². The van der Waals surface area contributed by atoms with Crippen molar-refractivity contribution in [2.45, 2.75) is 26.4 Å². The molecule has 6 heteroatoms. The highest BCUT2D eigenvalue weighted by Gasteiger charge is 2.19. The molecular weight excluding hydrogens is 338 g/mol. The summed E-state index contributed by atoms with van der Waals surface area (Å²) in [7, 11) is 0. The van der Waals surface area contributed by atoms with Crippen LogP contribution >= 0.6 is 0 Å². The van der Waals surface area contributed by atoms with Gasteiger partial charge in [0.1, 0.15) is 0 Å². The minimum absolute atomic E-state index is 0.668. The molecule has 0 atom stereocenters. The van der Waals surface area contributed by atoms with Crippen molar-refractivity contribution in [2.75, 3.05) is 26.2 Å². The molecule has 2 aromatic heterocycles. The van der Waals surface area contributed by atoms with Gasteiger partial charge in [-0.1, -0.05) is 42.4 Å². The van der Waals surface area contributed by atoms with Gasteiger partial charge in [-0.05, 0) is 24.1 Å². The van der Waals surface area contributed by atoms with E-state index in [1.54, 1.807) is 0 Å². The minimum Gasteiger partial charge on any atom is -0.338 e. The van der Waals surface area contributed by atoms with E-state index in [4.69, 9.17) is 4.52 Å². The van der Waals surface area contributed by atoms with Crippen LogP contribution in [-0.4, -0.2) is 51.1 Å². The van der Waals surface area contributed by atoms with Crippen molar-refractivity contribution in [1.29, 1.82) is 0 Å². The number of piperazine rings is 1. The Balaban J connectivity index is 1.30. The lowest BCUT2D eigenvalue weighted by Crippen LogP contribution is -2.45. The molecule has 3 heterocycles. The zero-order valence-electron chi connectivity index (χ0n) is 15.7. The summed E-state index contributed by atoms with van der Waals surface area (Å²) in [6, 6.07) is 14.4. The minimum atomic E-state index is 0.668. The van der Waals surface area contributed by atoms with Gasteiger partial charge in [0, 0.05) is 44.5 Å². The summed E-state index contributed by atoms with van der Waals surface area (Å²) in [5, 5.41) is 4.15. The molecule has 6 nitrogen and oxygen atoms in total. The van der Waals surface area contributed by atoms with Gasteiger partial charge in [0.15, 0.2) is 0 Å². The molecular formula is C21H25N5O. The first-order chi connectivity index (χ1) is 13.3. The highest BCUT2D eigenvalue weighted by atomic mass is 16.5. The van der Waals surface area contributed by atoms with Crippen LogP contribution in [0, 0.1) is 0 Å². The molecule has 0 N–H and O–H groups in total. The highest BCUT2D eigenvalue weighted by Crippen LogP contribution is 2.18. The molecule has 1 fully saturated rings. The van der Waals surface area contributed by atoms with Gasteiger partial charge in [-0.25, -0.2) is 0 Å². The van der Waals surface area contributed by atoms with E-state index < -0.39 is 0 Å². The third-order valence-electron chi connectivity index (χ3n) is 5.02. The van der Waals surface area contributed by atoms with E-state index in [1.807, 2.05) is 18.3 Å². The van der Waals surface area contributed by atoms with Crippen LogP contribution in [0.5, 0.6) is 0 Å². The molecule has 0 amide bonds. The van der Waals surface area contributed by atoms with Crippen LogP contribution in [0.15, 0.2) is 53.2 Å². The Morgan fingerprint density at radius 2 is 1.67 bits per heavy atom. The Morgan fingerprint density at radius 1 is 0.926 bits per heavy atom. The summed E-state index contributed by atoms with van der Waals surface area (Å²) in [6.07, 6.45) is 2.89. The van der Waals surface area contributed by atoms with Crippen molar-refractivity contribution < 1.29 is 4.52 Å². The standard InChI is InChI=1S/C21H25N5O/c1-2-17-6-8-18(9-7-17)21-23-20(27-24-21)16-26-13-11-25(12-14-26)15-19-5-3-4-10-22-19/h3-10H,2,11-16H2,1H3. The van der Waals surface area contributed by atoms with E-state index in [-0.39, 0.29) is 0 Å². The van der Waals surface area contributed by atoms with E-state index >= 15 is 0 Å². The zero-order chi connectivity index (χ0) is 18.5. The number of pyridine rings is 1. The summed E-state index contributed by atoms with van der Waals surface area (Å²) < 4.78 is 5.47. The fraction of sp³-hybridized carbons (Fsp3) is 0.381. The number of aryl methyl sites for hydroxylation is 1. The lowest BCUT2D eigenvalue weighted by molar-refractivity contribution is 0.111. The summed E-state index contributed by atoms with van der Waals surface area (Å²) in [5.74, 6) is 1.35. The Labute approximate surface area is 159 Å². The molecule has 0 bridgehead atoms. The van der Waals surface area contributed by atoms with Crippen molar-refractivity contribution in [1.82, 2.24) is 24.9 Å². The largest absolute Gasteiger partial charge is 0.338 e. The lowest BCUT2D eigenvalue weighted by Gasteiger charge is -2.33. The monoisotopic (exact) mass is 363 g/mol. The van der Waals surface area contributed by atoms with E-state index in [2.05, 4.69) is 62.2 Å². The second kappa shape index (κ2) is 8.41. The van der Waals surface area contributed by atoms with Gasteiger partial charge >= 0.3 is 0 Å². The number of aromatic nitrogens is 3. The van der Waals surface area contributed by atoms with Gasteiger partial charge in [-0.3, -0.25) is 14.8 Å². The van der Waals surface area contributed by atoms with E-state index in [9.17, 15) is 0 Å². The molecule has 0 aliphatic carbocycles. The predicted molar refractivity (Wildman–Crippen MR) is 104 cm³/mol. The number of benzene rings is 1. The molecule has 0 saturated carbocycles. The molecule has 0 radical (unpaired) electrons. The van der Waals surface area contributed by atoms with Crippen LogP contribution in [-0.2, 0) is 19.5 Å². The fourth-order valence-electron chi connectivity index (χ4n) is 3.34. The molecule has 1 aromatic carbocycles. The van der Waals surface area contributed by atoms with Gasteiger partial charge in [-0.2, -0.15) is 4.98 Å². The summed E-state index contributed by atoms with van der Waals surface area (Å²) >= 11 is 0. The average molecular weight is 363 g/mol. The molecule has 1 saturated heterocycles. The van der Waals surface area contributed by atoms with E-state index in [0.29, 0.717) is 18.3 Å². The molecule has 0 unspecified atom stereocenters. The molecule has 0 spiro atoms. The number of hydrogen-bond donors (Lipinski definition) is 0. The number of nitrogens with zero attached hydrogens (tertiary/aromatic N) is 5. The Morgan fingerprint density at radius 3 is 2.33 bits per heavy atom. The maximum Gasteiger partial charge on any atom is 0.241 e. The predicted octanol–water partition coefficient (Wildman–Crippen LogP) is 3.01. The maximum atomic E-state index is 5.47.